The summed E-state index contributed by atoms with van der Waals surface area (Å²) in [7, 11) is 1.64. The summed E-state index contributed by atoms with van der Waals surface area (Å²) in [6.07, 6.45) is 2.54. The van der Waals surface area contributed by atoms with E-state index in [-0.39, 0.29) is 12.0 Å². The van der Waals surface area contributed by atoms with Gasteiger partial charge in [-0.25, -0.2) is 0 Å². The topological polar surface area (TPSA) is 50.8 Å². The Morgan fingerprint density at radius 3 is 2.45 bits per heavy atom. The van der Waals surface area contributed by atoms with Gasteiger partial charge in [-0.3, -0.25) is 4.79 Å². The Labute approximate surface area is 174 Å². The first kappa shape index (κ1) is 21.2. The lowest BCUT2D eigenvalue weighted by Crippen LogP contribution is -2.45. The van der Waals surface area contributed by atoms with Crippen LogP contribution in [0.25, 0.3) is 0 Å². The Hall–Kier alpha value is -2.53. The molecule has 0 aromatic heterocycles. The Morgan fingerprint density at radius 2 is 1.79 bits per heavy atom. The Kier molecular flexibility index (Phi) is 7.53. The number of carbonyl (C=O) groups excluding carboxylic acids is 1. The number of para-hydroxylation sites is 1. The molecule has 0 radical (unpaired) electrons. The number of methoxy groups -OCH3 is 1. The molecule has 5 nitrogen and oxygen atoms in total. The first-order valence-corrected chi connectivity index (χ1v) is 10.4. The number of carbonyl (C=O) groups is 1. The van der Waals surface area contributed by atoms with Crippen LogP contribution in [0.2, 0.25) is 0 Å². The summed E-state index contributed by atoms with van der Waals surface area (Å²) in [6.45, 7) is 6.49. The number of likely N-dealkylation sites (tertiary alicyclic amines) is 1. The maximum absolute atomic E-state index is 12.7. The Bertz CT molecular complexity index is 781. The molecule has 0 saturated carbocycles. The SMILES string of the molecule is COc1ccccc1CC(=O)N1CCC(NCc2ccc(OC(C)C)cc2)CC1. The minimum Gasteiger partial charge on any atom is -0.496 e. The molecule has 1 heterocycles. The van der Waals surface area contributed by atoms with Gasteiger partial charge >= 0.3 is 0 Å². The molecule has 0 unspecified atom stereocenters. The van der Waals surface area contributed by atoms with Crippen molar-refractivity contribution >= 4 is 5.91 Å². The van der Waals surface area contributed by atoms with Crippen LogP contribution in [0.3, 0.4) is 0 Å². The molecule has 2 aromatic rings. The van der Waals surface area contributed by atoms with Gasteiger partial charge in [0.05, 0.1) is 19.6 Å². The van der Waals surface area contributed by atoms with Crippen molar-refractivity contribution in [3.05, 3.63) is 59.7 Å². The van der Waals surface area contributed by atoms with Crippen LogP contribution in [0.1, 0.15) is 37.8 Å². The second-order valence-electron chi connectivity index (χ2n) is 7.84. The van der Waals surface area contributed by atoms with Gasteiger partial charge in [0.1, 0.15) is 11.5 Å². The van der Waals surface area contributed by atoms with Crippen molar-refractivity contribution in [2.45, 2.75) is 51.8 Å². The van der Waals surface area contributed by atoms with Crippen molar-refractivity contribution in [2.24, 2.45) is 0 Å². The lowest BCUT2D eigenvalue weighted by Gasteiger charge is -2.32. The van der Waals surface area contributed by atoms with Crippen LogP contribution in [0, 0.1) is 0 Å². The highest BCUT2D eigenvalue weighted by molar-refractivity contribution is 5.79. The van der Waals surface area contributed by atoms with Crippen molar-refractivity contribution in [3.8, 4) is 11.5 Å². The predicted molar refractivity (Wildman–Crippen MR) is 115 cm³/mol. The van der Waals surface area contributed by atoms with Gasteiger partial charge in [0.2, 0.25) is 5.91 Å². The summed E-state index contributed by atoms with van der Waals surface area (Å²) in [5.74, 6) is 1.86. The monoisotopic (exact) mass is 396 g/mol. The third-order valence-electron chi connectivity index (χ3n) is 5.27. The predicted octanol–water partition coefficient (Wildman–Crippen LogP) is 3.81. The van der Waals surface area contributed by atoms with E-state index < -0.39 is 0 Å². The average molecular weight is 397 g/mol. The average Bonchev–Trinajstić information content (AvgIpc) is 2.73. The Morgan fingerprint density at radius 1 is 1.10 bits per heavy atom. The summed E-state index contributed by atoms with van der Waals surface area (Å²) in [4.78, 5) is 14.6. The molecule has 5 heteroatoms. The maximum atomic E-state index is 12.7. The zero-order valence-electron chi connectivity index (χ0n) is 17.7. The smallest absolute Gasteiger partial charge is 0.227 e. The number of ether oxygens (including phenoxy) is 2. The van der Waals surface area contributed by atoms with Gasteiger partial charge in [-0.15, -0.1) is 0 Å². The summed E-state index contributed by atoms with van der Waals surface area (Å²) in [5.41, 5.74) is 2.20. The Balaban J connectivity index is 1.42. The molecule has 156 valence electrons. The van der Waals surface area contributed by atoms with Crippen LogP contribution >= 0.6 is 0 Å². The number of hydrogen-bond acceptors (Lipinski definition) is 4. The van der Waals surface area contributed by atoms with E-state index in [9.17, 15) is 4.79 Å². The van der Waals surface area contributed by atoms with Gasteiger partial charge in [-0.05, 0) is 50.5 Å². The normalized spacial score (nSPS) is 14.8. The molecular formula is C24H32N2O3. The summed E-state index contributed by atoms with van der Waals surface area (Å²) in [5, 5.41) is 3.63. The van der Waals surface area contributed by atoms with Gasteiger partial charge < -0.3 is 19.7 Å². The molecule has 1 fully saturated rings. The van der Waals surface area contributed by atoms with Crippen LogP contribution in [0.15, 0.2) is 48.5 Å². The summed E-state index contributed by atoms with van der Waals surface area (Å²) in [6, 6.07) is 16.4. The van der Waals surface area contributed by atoms with Gasteiger partial charge in [0.15, 0.2) is 0 Å². The minimum absolute atomic E-state index is 0.175. The van der Waals surface area contributed by atoms with E-state index in [1.54, 1.807) is 7.11 Å². The number of amides is 1. The van der Waals surface area contributed by atoms with E-state index in [1.807, 2.05) is 55.1 Å². The van der Waals surface area contributed by atoms with Crippen molar-refractivity contribution in [3.63, 3.8) is 0 Å². The molecule has 0 aliphatic carbocycles. The molecular weight excluding hydrogens is 364 g/mol. The molecule has 0 spiro atoms. The minimum atomic E-state index is 0.175. The molecule has 2 aromatic carbocycles. The van der Waals surface area contributed by atoms with Crippen molar-refractivity contribution in [1.29, 1.82) is 0 Å². The second kappa shape index (κ2) is 10.3. The number of rotatable bonds is 8. The highest BCUT2D eigenvalue weighted by Gasteiger charge is 2.23. The van der Waals surface area contributed by atoms with Crippen LogP contribution < -0.4 is 14.8 Å². The van der Waals surface area contributed by atoms with E-state index in [4.69, 9.17) is 9.47 Å². The fourth-order valence-corrected chi connectivity index (χ4v) is 3.68. The highest BCUT2D eigenvalue weighted by Crippen LogP contribution is 2.20. The van der Waals surface area contributed by atoms with Gasteiger partial charge in [-0.1, -0.05) is 30.3 Å². The maximum Gasteiger partial charge on any atom is 0.227 e. The van der Waals surface area contributed by atoms with E-state index in [0.29, 0.717) is 12.5 Å². The van der Waals surface area contributed by atoms with Gasteiger partial charge in [0, 0.05) is 31.2 Å². The quantitative estimate of drug-likeness (QED) is 0.737. The standard InChI is InChI=1S/C24H32N2O3/c1-18(2)29-22-10-8-19(9-11-22)17-25-21-12-14-26(15-13-21)24(27)16-20-6-4-5-7-23(20)28-3/h4-11,18,21,25H,12-17H2,1-3H3. The molecule has 1 N–H and O–H groups in total. The van der Waals surface area contributed by atoms with Gasteiger partial charge in [-0.2, -0.15) is 0 Å². The summed E-state index contributed by atoms with van der Waals surface area (Å²) < 4.78 is 11.1. The number of hydrogen-bond donors (Lipinski definition) is 1. The number of nitrogens with zero attached hydrogens (tertiary/aromatic N) is 1. The van der Waals surface area contributed by atoms with E-state index in [1.165, 1.54) is 5.56 Å². The van der Waals surface area contributed by atoms with E-state index in [0.717, 1.165) is 49.5 Å². The number of piperidine rings is 1. The number of benzene rings is 2. The molecule has 3 rings (SSSR count). The van der Waals surface area contributed by atoms with Crippen molar-refractivity contribution in [2.75, 3.05) is 20.2 Å². The molecule has 1 aliphatic heterocycles. The van der Waals surface area contributed by atoms with Crippen LogP contribution in [0.4, 0.5) is 0 Å². The second-order valence-corrected chi connectivity index (χ2v) is 7.84. The molecule has 29 heavy (non-hydrogen) atoms. The molecule has 0 atom stereocenters. The van der Waals surface area contributed by atoms with Crippen LogP contribution in [0.5, 0.6) is 11.5 Å². The zero-order chi connectivity index (χ0) is 20.6. The van der Waals surface area contributed by atoms with Crippen molar-refractivity contribution in [1.82, 2.24) is 10.2 Å². The first-order valence-electron chi connectivity index (χ1n) is 10.4. The lowest BCUT2D eigenvalue weighted by molar-refractivity contribution is -0.131. The van der Waals surface area contributed by atoms with Crippen molar-refractivity contribution < 1.29 is 14.3 Å². The molecule has 0 bridgehead atoms. The van der Waals surface area contributed by atoms with Gasteiger partial charge in [0.25, 0.3) is 0 Å². The third-order valence-corrected chi connectivity index (χ3v) is 5.27. The zero-order valence-corrected chi connectivity index (χ0v) is 17.7. The molecule has 1 amide bonds. The number of nitrogens with one attached hydrogen (secondary N) is 1. The molecule has 1 saturated heterocycles. The van der Waals surface area contributed by atoms with E-state index in [2.05, 4.69) is 17.4 Å². The fourth-order valence-electron chi connectivity index (χ4n) is 3.68. The fraction of sp³-hybridized carbons (Fsp3) is 0.458. The largest absolute Gasteiger partial charge is 0.496 e. The summed E-state index contributed by atoms with van der Waals surface area (Å²) >= 11 is 0. The van der Waals surface area contributed by atoms with Crippen LogP contribution in [-0.2, 0) is 17.8 Å². The van der Waals surface area contributed by atoms with E-state index >= 15 is 0 Å². The first-order chi connectivity index (χ1) is 14.0. The third kappa shape index (κ3) is 6.23. The highest BCUT2D eigenvalue weighted by atomic mass is 16.5. The molecule has 1 aliphatic rings. The van der Waals surface area contributed by atoms with Crippen LogP contribution in [-0.4, -0.2) is 43.2 Å². The lowest BCUT2D eigenvalue weighted by atomic mass is 10.0.